The number of aliphatic hydroxyl groups is 1. The third-order valence-electron chi connectivity index (χ3n) is 4.45. The summed E-state index contributed by atoms with van der Waals surface area (Å²) >= 11 is 0. The Labute approximate surface area is 143 Å². The van der Waals surface area contributed by atoms with Crippen molar-refractivity contribution in [3.05, 3.63) is 54.1 Å². The summed E-state index contributed by atoms with van der Waals surface area (Å²) in [7, 11) is -3.30. The van der Waals surface area contributed by atoms with Gasteiger partial charge in [-0.15, -0.1) is 0 Å². The summed E-state index contributed by atoms with van der Waals surface area (Å²) in [5.41, 5.74) is 0.110. The number of halogens is 1. The molecule has 1 aromatic rings. The van der Waals surface area contributed by atoms with Crippen molar-refractivity contribution in [1.29, 1.82) is 0 Å². The third-order valence-corrected chi connectivity index (χ3v) is 5.57. The first-order valence-corrected chi connectivity index (χ1v) is 9.86. The first kappa shape index (κ1) is 18.8. The second kappa shape index (κ2) is 7.59. The van der Waals surface area contributed by atoms with E-state index in [0.29, 0.717) is 5.56 Å². The number of benzene rings is 1. The van der Waals surface area contributed by atoms with E-state index in [2.05, 4.69) is 5.32 Å². The van der Waals surface area contributed by atoms with Crippen molar-refractivity contribution in [2.45, 2.75) is 42.3 Å². The van der Waals surface area contributed by atoms with E-state index in [0.717, 1.165) is 19.1 Å². The minimum absolute atomic E-state index is 0.175. The van der Waals surface area contributed by atoms with Crippen molar-refractivity contribution in [1.82, 2.24) is 5.32 Å². The zero-order valence-electron chi connectivity index (χ0n) is 13.9. The molecule has 3 atom stereocenters. The smallest absolute Gasteiger partial charge is 0.175 e. The minimum Gasteiger partial charge on any atom is -0.387 e. The number of sulfone groups is 1. The summed E-state index contributed by atoms with van der Waals surface area (Å²) in [5, 5.41) is 13.8. The highest BCUT2D eigenvalue weighted by molar-refractivity contribution is 7.90. The number of allylic oxidation sites excluding steroid dienone is 2. The van der Waals surface area contributed by atoms with Gasteiger partial charge in [0.25, 0.3) is 0 Å². The predicted octanol–water partition coefficient (Wildman–Crippen LogP) is 2.72. The first-order chi connectivity index (χ1) is 11.3. The molecule has 1 aromatic carbocycles. The summed E-state index contributed by atoms with van der Waals surface area (Å²) in [6, 6.07) is 5.15. The number of aliphatic hydroxyl groups excluding tert-OH is 1. The maximum atomic E-state index is 13.6. The number of hydrogen-bond acceptors (Lipinski definition) is 4. The largest absolute Gasteiger partial charge is 0.387 e. The molecule has 0 aliphatic heterocycles. The van der Waals surface area contributed by atoms with Gasteiger partial charge in [0.05, 0.1) is 17.0 Å². The van der Waals surface area contributed by atoms with E-state index in [9.17, 15) is 17.9 Å². The molecule has 0 saturated heterocycles. The fraction of sp³-hybridized carbons (Fsp3) is 0.444. The molecule has 0 spiro atoms. The van der Waals surface area contributed by atoms with Gasteiger partial charge in [-0.2, -0.15) is 0 Å². The van der Waals surface area contributed by atoms with Crippen LogP contribution < -0.4 is 5.32 Å². The Bertz CT molecular complexity index is 712. The van der Waals surface area contributed by atoms with Crippen LogP contribution in [0.4, 0.5) is 4.39 Å². The highest BCUT2D eigenvalue weighted by Gasteiger charge is 2.31. The third kappa shape index (κ3) is 4.32. The van der Waals surface area contributed by atoms with Gasteiger partial charge in [0, 0.05) is 11.8 Å². The first-order valence-electron chi connectivity index (χ1n) is 7.97. The number of alkyl halides is 1. The molecule has 1 aliphatic carbocycles. The van der Waals surface area contributed by atoms with Gasteiger partial charge < -0.3 is 5.11 Å². The number of rotatable bonds is 7. The summed E-state index contributed by atoms with van der Waals surface area (Å²) in [5.74, 6) is 0. The van der Waals surface area contributed by atoms with Gasteiger partial charge in [-0.25, -0.2) is 12.8 Å². The van der Waals surface area contributed by atoms with Gasteiger partial charge in [0.15, 0.2) is 9.84 Å². The fourth-order valence-corrected chi connectivity index (χ4v) is 3.48. The Balaban J connectivity index is 2.18. The SMILES string of the molecule is CC[C@]1(N[C@H](CF)[C@@H](O)c2ccc(S(C)(=O)=O)cc2)C=CC=CC1. The molecule has 1 aliphatic rings. The van der Waals surface area contributed by atoms with Crippen LogP contribution in [0.2, 0.25) is 0 Å². The molecule has 6 heteroatoms. The summed E-state index contributed by atoms with van der Waals surface area (Å²) < 4.78 is 36.6. The molecule has 0 saturated carbocycles. The molecule has 2 N–H and O–H groups in total. The maximum Gasteiger partial charge on any atom is 0.175 e. The van der Waals surface area contributed by atoms with E-state index >= 15 is 0 Å². The normalized spacial score (nSPS) is 23.2. The van der Waals surface area contributed by atoms with E-state index < -0.39 is 28.7 Å². The minimum atomic E-state index is -3.30. The number of nitrogens with one attached hydrogen (secondary N) is 1. The molecule has 24 heavy (non-hydrogen) atoms. The van der Waals surface area contributed by atoms with Crippen LogP contribution in [0.15, 0.2) is 53.5 Å². The lowest BCUT2D eigenvalue weighted by atomic mass is 9.86. The van der Waals surface area contributed by atoms with Crippen molar-refractivity contribution in [3.8, 4) is 0 Å². The van der Waals surface area contributed by atoms with Crippen molar-refractivity contribution >= 4 is 9.84 Å². The van der Waals surface area contributed by atoms with Gasteiger partial charge >= 0.3 is 0 Å². The molecule has 0 radical (unpaired) electrons. The molecule has 132 valence electrons. The van der Waals surface area contributed by atoms with E-state index in [1.165, 1.54) is 24.3 Å². The van der Waals surface area contributed by atoms with E-state index in [1.54, 1.807) is 0 Å². The second-order valence-electron chi connectivity index (χ2n) is 6.19. The van der Waals surface area contributed by atoms with Crippen LogP contribution in [-0.4, -0.2) is 38.0 Å². The Morgan fingerprint density at radius 2 is 1.96 bits per heavy atom. The number of hydrogen-bond donors (Lipinski definition) is 2. The van der Waals surface area contributed by atoms with Crippen LogP contribution >= 0.6 is 0 Å². The predicted molar refractivity (Wildman–Crippen MR) is 93.3 cm³/mol. The molecule has 0 aromatic heterocycles. The Morgan fingerprint density at radius 3 is 2.42 bits per heavy atom. The zero-order valence-corrected chi connectivity index (χ0v) is 14.8. The Morgan fingerprint density at radius 1 is 1.29 bits per heavy atom. The lowest BCUT2D eigenvalue weighted by molar-refractivity contribution is 0.0964. The van der Waals surface area contributed by atoms with Gasteiger partial charge in [0.2, 0.25) is 0 Å². The summed E-state index contributed by atoms with van der Waals surface area (Å²) in [6.07, 6.45) is 9.43. The molecule has 0 amide bonds. The maximum absolute atomic E-state index is 13.6. The molecule has 0 bridgehead atoms. The molecule has 0 fully saturated rings. The van der Waals surface area contributed by atoms with Gasteiger partial charge in [-0.05, 0) is 30.5 Å². The summed E-state index contributed by atoms with van der Waals surface area (Å²) in [4.78, 5) is 0.175. The molecular weight excluding hydrogens is 329 g/mol. The molecule has 0 unspecified atom stereocenters. The van der Waals surface area contributed by atoms with Crippen molar-refractivity contribution < 1.29 is 17.9 Å². The van der Waals surface area contributed by atoms with Crippen LogP contribution in [-0.2, 0) is 9.84 Å². The van der Waals surface area contributed by atoms with Crippen molar-refractivity contribution in [3.63, 3.8) is 0 Å². The van der Waals surface area contributed by atoms with Crippen molar-refractivity contribution in [2.24, 2.45) is 0 Å². The molecular formula is C18H24FNO3S. The van der Waals surface area contributed by atoms with Gasteiger partial charge in [-0.3, -0.25) is 5.32 Å². The van der Waals surface area contributed by atoms with Gasteiger partial charge in [-0.1, -0.05) is 43.4 Å². The fourth-order valence-electron chi connectivity index (χ4n) is 2.85. The topological polar surface area (TPSA) is 66.4 Å². The highest BCUT2D eigenvalue weighted by Crippen LogP contribution is 2.26. The van der Waals surface area contributed by atoms with E-state index in [-0.39, 0.29) is 10.4 Å². The van der Waals surface area contributed by atoms with Gasteiger partial charge in [0.1, 0.15) is 6.67 Å². The lowest BCUT2D eigenvalue weighted by Gasteiger charge is -2.36. The van der Waals surface area contributed by atoms with Crippen LogP contribution in [0.1, 0.15) is 31.4 Å². The second-order valence-corrected chi connectivity index (χ2v) is 8.21. The average molecular weight is 353 g/mol. The van der Waals surface area contributed by atoms with Crippen molar-refractivity contribution in [2.75, 3.05) is 12.9 Å². The van der Waals surface area contributed by atoms with Crippen LogP contribution in [0.3, 0.4) is 0 Å². The summed E-state index contributed by atoms with van der Waals surface area (Å²) in [6.45, 7) is 1.29. The molecule has 4 nitrogen and oxygen atoms in total. The lowest BCUT2D eigenvalue weighted by Crippen LogP contribution is -2.52. The average Bonchev–Trinajstić information content (AvgIpc) is 2.59. The van der Waals surface area contributed by atoms with E-state index in [1.807, 2.05) is 31.2 Å². The zero-order chi connectivity index (χ0) is 17.8. The molecule has 0 heterocycles. The quantitative estimate of drug-likeness (QED) is 0.791. The standard InChI is InChI=1S/C18H24FNO3S/c1-3-18(11-5-4-6-12-18)20-16(13-19)17(21)14-7-9-15(10-8-14)24(2,22)23/h4-11,16-17,20-21H,3,12-13H2,1-2H3/t16-,17+,18+/m1/s1. The van der Waals surface area contributed by atoms with Crippen LogP contribution in [0.5, 0.6) is 0 Å². The Kier molecular flexibility index (Phi) is 5.96. The van der Waals surface area contributed by atoms with Crippen LogP contribution in [0, 0.1) is 0 Å². The highest BCUT2D eigenvalue weighted by atomic mass is 32.2. The Hall–Kier alpha value is -1.50. The van der Waals surface area contributed by atoms with E-state index in [4.69, 9.17) is 0 Å². The molecule has 2 rings (SSSR count). The van der Waals surface area contributed by atoms with Crippen LogP contribution in [0.25, 0.3) is 0 Å². The monoisotopic (exact) mass is 353 g/mol.